The van der Waals surface area contributed by atoms with Crippen molar-refractivity contribution in [1.29, 1.82) is 0 Å². The normalized spacial score (nSPS) is 11.2. The lowest BCUT2D eigenvalue weighted by molar-refractivity contribution is -0.125. The number of carbonyl (C=O) groups is 2. The molecule has 34 heavy (non-hydrogen) atoms. The smallest absolute Gasteiger partial charge is 0.246 e. The minimum absolute atomic E-state index is 0.0802. The van der Waals surface area contributed by atoms with Crippen LogP contribution < -0.4 is 15.0 Å². The van der Waals surface area contributed by atoms with Gasteiger partial charge in [0.2, 0.25) is 11.8 Å². The number of nitrogens with one attached hydrogen (secondary N) is 1. The maximum atomic E-state index is 12.7. The van der Waals surface area contributed by atoms with Gasteiger partial charge in [0.25, 0.3) is 0 Å². The summed E-state index contributed by atoms with van der Waals surface area (Å²) < 4.78 is 8.74. The Morgan fingerprint density at radius 1 is 1.24 bits per heavy atom. The summed E-state index contributed by atoms with van der Waals surface area (Å²) >= 11 is 16.6. The number of rotatable bonds is 9. The van der Waals surface area contributed by atoms with E-state index in [1.807, 2.05) is 48.5 Å². The van der Waals surface area contributed by atoms with Crippen molar-refractivity contribution in [2.75, 3.05) is 38.6 Å². The highest BCUT2D eigenvalue weighted by Crippen LogP contribution is 2.35. The molecule has 3 aromatic rings. The third-order valence-electron chi connectivity index (χ3n) is 5.38. The molecule has 2 heterocycles. The number of pyridine rings is 1. The SMILES string of the molecule is CCN(C)CC(=O)NCC(=O)N(C)c1ccc(Cl)c(COc2cccn3c(Br)c(C)nc23)c1Cl. The Kier molecular flexibility index (Phi) is 8.81. The topological polar surface area (TPSA) is 79.2 Å². The molecule has 1 N–H and O–H groups in total. The zero-order valence-corrected chi connectivity index (χ0v) is 22.5. The number of aryl methyl sites for hydroxylation is 1. The van der Waals surface area contributed by atoms with Gasteiger partial charge in [0, 0.05) is 23.8 Å². The number of ether oxygens (including phenoxy) is 1. The van der Waals surface area contributed by atoms with Gasteiger partial charge in [-0.15, -0.1) is 0 Å². The van der Waals surface area contributed by atoms with Crippen LogP contribution in [0.15, 0.2) is 35.1 Å². The number of imidazole rings is 1. The van der Waals surface area contributed by atoms with Crippen LogP contribution in [0.4, 0.5) is 5.69 Å². The lowest BCUT2D eigenvalue weighted by Gasteiger charge is -2.21. The Balaban J connectivity index is 1.74. The van der Waals surface area contributed by atoms with Crippen LogP contribution in [-0.2, 0) is 16.2 Å². The molecule has 0 fully saturated rings. The van der Waals surface area contributed by atoms with Gasteiger partial charge in [-0.25, -0.2) is 4.98 Å². The Bertz CT molecular complexity index is 1220. The van der Waals surface area contributed by atoms with E-state index in [9.17, 15) is 9.59 Å². The highest BCUT2D eigenvalue weighted by atomic mass is 79.9. The van der Waals surface area contributed by atoms with E-state index in [0.717, 1.165) is 16.8 Å². The average Bonchev–Trinajstić information content (AvgIpc) is 3.11. The molecule has 0 unspecified atom stereocenters. The number of carbonyl (C=O) groups excluding carboxylic acids is 2. The molecule has 8 nitrogen and oxygen atoms in total. The third kappa shape index (κ3) is 5.83. The first-order valence-corrected chi connectivity index (χ1v) is 12.1. The number of hydrogen-bond acceptors (Lipinski definition) is 5. The van der Waals surface area contributed by atoms with Crippen molar-refractivity contribution in [3.63, 3.8) is 0 Å². The molecule has 1 aromatic carbocycles. The summed E-state index contributed by atoms with van der Waals surface area (Å²) in [5, 5.41) is 3.35. The average molecular weight is 571 g/mol. The number of benzene rings is 1. The van der Waals surface area contributed by atoms with Crippen molar-refractivity contribution in [3.05, 3.63) is 56.4 Å². The minimum atomic E-state index is -0.314. The fraction of sp³-hybridized carbons (Fsp3) is 0.348. The molecule has 2 amide bonds. The number of nitrogens with zero attached hydrogens (tertiary/aromatic N) is 4. The van der Waals surface area contributed by atoms with Crippen LogP contribution >= 0.6 is 39.1 Å². The first-order valence-electron chi connectivity index (χ1n) is 10.6. The van der Waals surface area contributed by atoms with E-state index in [0.29, 0.717) is 32.7 Å². The molecule has 2 aromatic heterocycles. The van der Waals surface area contributed by atoms with Crippen molar-refractivity contribution >= 4 is 62.3 Å². The number of halogens is 3. The molecule has 0 aliphatic rings. The molecule has 0 bridgehead atoms. The first kappa shape index (κ1) is 26.3. The Morgan fingerprint density at radius 3 is 2.68 bits per heavy atom. The van der Waals surface area contributed by atoms with Gasteiger partial charge < -0.3 is 15.0 Å². The molecular weight excluding hydrogens is 545 g/mol. The Hall–Kier alpha value is -2.33. The van der Waals surface area contributed by atoms with Gasteiger partial charge in [-0.1, -0.05) is 30.1 Å². The summed E-state index contributed by atoms with van der Waals surface area (Å²) in [6.07, 6.45) is 1.88. The van der Waals surface area contributed by atoms with Gasteiger partial charge in [0.05, 0.1) is 29.5 Å². The fourth-order valence-corrected chi connectivity index (χ4v) is 4.19. The van der Waals surface area contributed by atoms with Crippen LogP contribution in [0.5, 0.6) is 5.75 Å². The van der Waals surface area contributed by atoms with Crippen LogP contribution in [0.1, 0.15) is 18.2 Å². The number of amides is 2. The summed E-state index contributed by atoms with van der Waals surface area (Å²) in [6.45, 7) is 4.74. The summed E-state index contributed by atoms with van der Waals surface area (Å²) in [7, 11) is 3.43. The Morgan fingerprint density at radius 2 is 1.97 bits per heavy atom. The second-order valence-corrected chi connectivity index (χ2v) is 9.30. The van der Waals surface area contributed by atoms with E-state index in [4.69, 9.17) is 27.9 Å². The summed E-state index contributed by atoms with van der Waals surface area (Å²) in [4.78, 5) is 32.4. The van der Waals surface area contributed by atoms with Crippen molar-refractivity contribution in [1.82, 2.24) is 19.6 Å². The second kappa shape index (κ2) is 11.4. The number of likely N-dealkylation sites (N-methyl/N-ethyl adjacent to an activating group) is 2. The van der Waals surface area contributed by atoms with Gasteiger partial charge in [-0.2, -0.15) is 0 Å². The molecule has 0 aliphatic carbocycles. The second-order valence-electron chi connectivity index (χ2n) is 7.76. The molecule has 3 rings (SSSR count). The van der Waals surface area contributed by atoms with Crippen LogP contribution in [-0.4, -0.2) is 59.8 Å². The molecular formula is C23H26BrCl2N5O3. The van der Waals surface area contributed by atoms with Gasteiger partial charge >= 0.3 is 0 Å². The van der Waals surface area contributed by atoms with Crippen molar-refractivity contribution in [2.45, 2.75) is 20.5 Å². The fourth-order valence-electron chi connectivity index (χ4n) is 3.21. The molecule has 11 heteroatoms. The van der Waals surface area contributed by atoms with Crippen LogP contribution in [0.3, 0.4) is 0 Å². The van der Waals surface area contributed by atoms with E-state index < -0.39 is 0 Å². The molecule has 182 valence electrons. The quantitative estimate of drug-likeness (QED) is 0.414. The zero-order valence-electron chi connectivity index (χ0n) is 19.4. The lowest BCUT2D eigenvalue weighted by atomic mass is 10.2. The largest absolute Gasteiger partial charge is 0.485 e. The van der Waals surface area contributed by atoms with Gasteiger partial charge in [-0.3, -0.25) is 18.9 Å². The van der Waals surface area contributed by atoms with E-state index >= 15 is 0 Å². The molecule has 0 spiro atoms. The van der Waals surface area contributed by atoms with Gasteiger partial charge in [0.1, 0.15) is 11.2 Å². The molecule has 0 aliphatic heterocycles. The molecule has 0 atom stereocenters. The molecule has 0 radical (unpaired) electrons. The van der Waals surface area contributed by atoms with E-state index in [2.05, 4.69) is 26.2 Å². The predicted molar refractivity (Wildman–Crippen MR) is 138 cm³/mol. The van der Waals surface area contributed by atoms with Gasteiger partial charge in [-0.05, 0) is 60.7 Å². The number of anilines is 1. The van der Waals surface area contributed by atoms with Crippen molar-refractivity contribution < 1.29 is 14.3 Å². The van der Waals surface area contributed by atoms with Gasteiger partial charge in [0.15, 0.2) is 11.4 Å². The first-order chi connectivity index (χ1) is 16.1. The summed E-state index contributed by atoms with van der Waals surface area (Å²) in [5.41, 5.74) is 2.50. The monoisotopic (exact) mass is 569 g/mol. The predicted octanol–water partition coefficient (Wildman–Crippen LogP) is 4.32. The molecule has 0 saturated heterocycles. The summed E-state index contributed by atoms with van der Waals surface area (Å²) in [5.74, 6) is 0.0292. The standard InChI is InChI=1S/C23H26BrCl2N5O3/c1-5-29(3)12-19(32)27-11-20(33)30(4)17-9-8-16(25)15(21(17)26)13-34-18-7-6-10-31-22(24)14(2)28-23(18)31/h6-10H,5,11-13H2,1-4H3,(H,27,32). The van der Waals surface area contributed by atoms with Crippen LogP contribution in [0.2, 0.25) is 10.0 Å². The van der Waals surface area contributed by atoms with Crippen LogP contribution in [0.25, 0.3) is 5.65 Å². The zero-order chi connectivity index (χ0) is 25.0. The lowest BCUT2D eigenvalue weighted by Crippen LogP contribution is -2.42. The third-order valence-corrected chi connectivity index (χ3v) is 7.11. The summed E-state index contributed by atoms with van der Waals surface area (Å²) in [6, 6.07) is 6.99. The maximum Gasteiger partial charge on any atom is 0.246 e. The van der Waals surface area contributed by atoms with Crippen LogP contribution in [0, 0.1) is 6.92 Å². The van der Waals surface area contributed by atoms with E-state index in [1.54, 1.807) is 19.2 Å². The number of hydrogen-bond donors (Lipinski definition) is 1. The van der Waals surface area contributed by atoms with E-state index in [-0.39, 0.29) is 31.5 Å². The van der Waals surface area contributed by atoms with Crippen molar-refractivity contribution in [3.8, 4) is 5.75 Å². The molecule has 0 saturated carbocycles. The minimum Gasteiger partial charge on any atom is -0.485 e. The number of fused-ring (bicyclic) bond motifs is 1. The number of aromatic nitrogens is 2. The highest BCUT2D eigenvalue weighted by Gasteiger charge is 2.20. The van der Waals surface area contributed by atoms with E-state index in [1.165, 1.54) is 4.90 Å². The Labute approximate surface area is 216 Å². The van der Waals surface area contributed by atoms with Crippen molar-refractivity contribution in [2.24, 2.45) is 0 Å². The highest BCUT2D eigenvalue weighted by molar-refractivity contribution is 9.10. The maximum absolute atomic E-state index is 12.7.